The minimum Gasteiger partial charge on any atom is -0.265 e. The van der Waals surface area contributed by atoms with Gasteiger partial charge in [0.15, 0.2) is 5.65 Å². The Bertz CT molecular complexity index is 1840. The fourth-order valence-corrected chi connectivity index (χ4v) is 5.84. The van der Waals surface area contributed by atoms with E-state index in [0.717, 1.165) is 51.7 Å². The van der Waals surface area contributed by atoms with Crippen LogP contribution in [0.15, 0.2) is 77.4 Å². The van der Waals surface area contributed by atoms with Gasteiger partial charge in [-0.05, 0) is 48.0 Å². The summed E-state index contributed by atoms with van der Waals surface area (Å²) in [6.45, 7) is 0.0750. The van der Waals surface area contributed by atoms with Crippen molar-refractivity contribution in [1.29, 1.82) is 0 Å². The first-order valence-corrected chi connectivity index (χ1v) is 13.7. The van der Waals surface area contributed by atoms with Crippen LogP contribution in [0.2, 0.25) is 0 Å². The van der Waals surface area contributed by atoms with E-state index in [-0.39, 0.29) is 33.2 Å². The maximum Gasteiger partial charge on any atom is 0.416 e. The summed E-state index contributed by atoms with van der Waals surface area (Å²) in [5, 5.41) is 3.95. The Hall–Kier alpha value is -4.19. The molecule has 0 saturated heterocycles. The molecule has 0 radical (unpaired) electrons. The zero-order chi connectivity index (χ0) is 28.5. The van der Waals surface area contributed by atoms with Crippen LogP contribution < -0.4 is 4.72 Å². The number of halogens is 5. The fourth-order valence-electron chi connectivity index (χ4n) is 3.62. The van der Waals surface area contributed by atoms with Crippen LogP contribution in [-0.2, 0) is 22.7 Å². The number of benzene rings is 1. The van der Waals surface area contributed by atoms with Crippen LogP contribution in [0.25, 0.3) is 16.9 Å². The molecule has 0 unspecified atom stereocenters. The predicted molar refractivity (Wildman–Crippen MR) is 137 cm³/mol. The van der Waals surface area contributed by atoms with Gasteiger partial charge in [0.1, 0.15) is 9.90 Å². The lowest BCUT2D eigenvalue weighted by Crippen LogP contribution is -2.22. The lowest BCUT2D eigenvalue weighted by molar-refractivity contribution is -0.137. The second-order valence-corrected chi connectivity index (χ2v) is 11.4. The van der Waals surface area contributed by atoms with E-state index in [1.54, 1.807) is 24.5 Å². The molecule has 7 nitrogen and oxygen atoms in total. The van der Waals surface area contributed by atoms with E-state index in [0.29, 0.717) is 4.88 Å². The van der Waals surface area contributed by atoms with Gasteiger partial charge in [-0.1, -0.05) is 24.0 Å². The first kappa shape index (κ1) is 27.4. The van der Waals surface area contributed by atoms with E-state index in [1.165, 1.54) is 18.3 Å². The number of hydrogen-bond donors (Lipinski definition) is 1. The molecule has 1 N–H and O–H groups in total. The molecule has 0 saturated carbocycles. The molecule has 0 bridgehead atoms. The molecule has 14 heteroatoms. The van der Waals surface area contributed by atoms with E-state index in [1.807, 2.05) is 0 Å². The molecular formula is C26H16F5N5O2S2. The molecule has 1 aromatic carbocycles. The van der Waals surface area contributed by atoms with Crippen molar-refractivity contribution in [3.05, 3.63) is 100 Å². The van der Waals surface area contributed by atoms with E-state index < -0.39 is 33.9 Å². The monoisotopic (exact) mass is 589 g/mol. The number of pyridine rings is 1. The molecule has 0 aliphatic carbocycles. The van der Waals surface area contributed by atoms with E-state index in [2.05, 4.69) is 31.6 Å². The number of nitrogens with one attached hydrogen (secondary N) is 1. The summed E-state index contributed by atoms with van der Waals surface area (Å²) in [4.78, 5) is 8.59. The minimum absolute atomic E-state index is 0.0184. The molecule has 0 amide bonds. The third-order valence-electron chi connectivity index (χ3n) is 5.61. The molecule has 0 spiro atoms. The van der Waals surface area contributed by atoms with Gasteiger partial charge in [-0.3, -0.25) is 4.98 Å². The van der Waals surface area contributed by atoms with Gasteiger partial charge in [0.25, 0.3) is 6.43 Å². The highest BCUT2D eigenvalue weighted by Crippen LogP contribution is 2.32. The number of rotatable bonds is 6. The van der Waals surface area contributed by atoms with Crippen molar-refractivity contribution in [1.82, 2.24) is 24.3 Å². The average molecular weight is 590 g/mol. The van der Waals surface area contributed by atoms with Crippen molar-refractivity contribution < 1.29 is 30.4 Å². The van der Waals surface area contributed by atoms with Gasteiger partial charge < -0.3 is 0 Å². The highest BCUT2D eigenvalue weighted by molar-refractivity contribution is 7.91. The molecule has 0 aliphatic rings. The standard InChI is InChI=1S/C26H16F5N5O2S2/c27-24(28)22-13-21(17-1-4-19(5-2-17)26(29,30)31)35-25-18(15-33-36(22)25)3-6-20-7-8-23(39-20)40(37,38)34-14-16-9-11-32-12-10-16/h1-2,4-5,7-13,15,24,34H,14H2. The maximum atomic E-state index is 13.8. The van der Waals surface area contributed by atoms with Crippen molar-refractivity contribution in [3.8, 4) is 23.1 Å². The number of thiophene rings is 1. The molecule has 5 aromatic rings. The van der Waals surface area contributed by atoms with Crippen LogP contribution >= 0.6 is 11.3 Å². The van der Waals surface area contributed by atoms with E-state index in [9.17, 15) is 30.4 Å². The molecule has 204 valence electrons. The van der Waals surface area contributed by atoms with Crippen LogP contribution in [0.1, 0.15) is 33.7 Å². The van der Waals surface area contributed by atoms with Crippen LogP contribution in [0.3, 0.4) is 0 Å². The van der Waals surface area contributed by atoms with Gasteiger partial charge in [0.05, 0.1) is 27.9 Å². The Kier molecular flexibility index (Phi) is 7.37. The molecule has 0 aliphatic heterocycles. The lowest BCUT2D eigenvalue weighted by Gasteiger charge is -2.10. The second kappa shape index (κ2) is 10.8. The highest BCUT2D eigenvalue weighted by Gasteiger charge is 2.30. The van der Waals surface area contributed by atoms with Crippen LogP contribution in [-0.4, -0.2) is 28.0 Å². The number of fused-ring (bicyclic) bond motifs is 1. The van der Waals surface area contributed by atoms with E-state index >= 15 is 0 Å². The summed E-state index contributed by atoms with van der Waals surface area (Å²) in [7, 11) is -3.81. The molecule has 40 heavy (non-hydrogen) atoms. The molecule has 5 rings (SSSR count). The minimum atomic E-state index is -4.55. The molecule has 4 aromatic heterocycles. The molecular weight excluding hydrogens is 573 g/mol. The average Bonchev–Trinajstić information content (AvgIpc) is 3.58. The summed E-state index contributed by atoms with van der Waals surface area (Å²) >= 11 is 0.918. The quantitative estimate of drug-likeness (QED) is 0.203. The number of alkyl halides is 5. The molecule has 0 fully saturated rings. The number of nitrogens with zero attached hydrogens (tertiary/aromatic N) is 4. The molecule has 4 heterocycles. The van der Waals surface area contributed by atoms with Gasteiger partial charge in [-0.25, -0.2) is 31.4 Å². The Balaban J connectivity index is 1.44. The van der Waals surface area contributed by atoms with Crippen molar-refractivity contribution in [2.75, 3.05) is 0 Å². The van der Waals surface area contributed by atoms with Gasteiger partial charge in [0, 0.05) is 24.5 Å². The molecule has 0 atom stereocenters. The van der Waals surface area contributed by atoms with Crippen LogP contribution in [0.5, 0.6) is 0 Å². The number of aromatic nitrogens is 4. The summed E-state index contributed by atoms with van der Waals surface area (Å²) in [6, 6.07) is 11.3. The zero-order valence-electron chi connectivity index (χ0n) is 20.0. The summed E-state index contributed by atoms with van der Waals surface area (Å²) < 4.78 is 95.2. The lowest BCUT2D eigenvalue weighted by atomic mass is 10.1. The topological polar surface area (TPSA) is 89.2 Å². The van der Waals surface area contributed by atoms with Crippen molar-refractivity contribution in [3.63, 3.8) is 0 Å². The highest BCUT2D eigenvalue weighted by atomic mass is 32.2. The van der Waals surface area contributed by atoms with Crippen LogP contribution in [0.4, 0.5) is 22.0 Å². The van der Waals surface area contributed by atoms with E-state index in [4.69, 9.17) is 0 Å². The van der Waals surface area contributed by atoms with Gasteiger partial charge in [0.2, 0.25) is 10.0 Å². The zero-order valence-corrected chi connectivity index (χ0v) is 21.7. The normalized spacial score (nSPS) is 12.1. The SMILES string of the molecule is O=S(=O)(NCc1ccncc1)c1ccc(C#Cc2cnn3c(C(F)F)cc(-c4ccc(C(F)(F)F)cc4)nc23)s1. The maximum absolute atomic E-state index is 13.8. The summed E-state index contributed by atoms with van der Waals surface area (Å²) in [5.41, 5.74) is -0.304. The Morgan fingerprint density at radius 1 is 1.00 bits per heavy atom. The predicted octanol–water partition coefficient (Wildman–Crippen LogP) is 5.69. The van der Waals surface area contributed by atoms with Gasteiger partial charge >= 0.3 is 6.18 Å². The smallest absolute Gasteiger partial charge is 0.265 e. The second-order valence-electron chi connectivity index (χ2n) is 8.28. The number of hydrogen-bond acceptors (Lipinski definition) is 6. The Morgan fingerprint density at radius 2 is 1.73 bits per heavy atom. The van der Waals surface area contributed by atoms with Gasteiger partial charge in [-0.15, -0.1) is 11.3 Å². The largest absolute Gasteiger partial charge is 0.416 e. The first-order valence-electron chi connectivity index (χ1n) is 11.4. The third kappa shape index (κ3) is 5.86. The summed E-state index contributed by atoms with van der Waals surface area (Å²) in [6.07, 6.45) is -3.17. The Morgan fingerprint density at radius 3 is 2.40 bits per heavy atom. The summed E-state index contributed by atoms with van der Waals surface area (Å²) in [5.74, 6) is 5.58. The van der Waals surface area contributed by atoms with Gasteiger partial charge in [-0.2, -0.15) is 18.3 Å². The van der Waals surface area contributed by atoms with Crippen molar-refractivity contribution in [2.24, 2.45) is 0 Å². The van der Waals surface area contributed by atoms with Crippen LogP contribution in [0, 0.1) is 11.8 Å². The number of sulfonamides is 1. The third-order valence-corrected chi connectivity index (χ3v) is 8.51. The van der Waals surface area contributed by atoms with Crippen molar-refractivity contribution >= 4 is 27.0 Å². The Labute approximate surface area is 228 Å². The fraction of sp³-hybridized carbons (Fsp3) is 0.115. The van der Waals surface area contributed by atoms with Crippen molar-refractivity contribution in [2.45, 2.75) is 23.4 Å². The first-order chi connectivity index (χ1) is 19.0.